The zero-order valence-electron chi connectivity index (χ0n) is 10.5. The highest BCUT2D eigenvalue weighted by Gasteiger charge is 2.09. The van der Waals surface area contributed by atoms with Crippen molar-refractivity contribution in [2.75, 3.05) is 0 Å². The lowest BCUT2D eigenvalue weighted by atomic mass is 10.0. The Morgan fingerprint density at radius 3 is 2.41 bits per heavy atom. The highest BCUT2D eigenvalue weighted by Crippen LogP contribution is 2.27. The van der Waals surface area contributed by atoms with Gasteiger partial charge in [-0.3, -0.25) is 0 Å². The van der Waals surface area contributed by atoms with Gasteiger partial charge in [0.05, 0.1) is 0 Å². The van der Waals surface area contributed by atoms with Gasteiger partial charge in [-0.05, 0) is 36.6 Å². The molecule has 2 nitrogen and oxygen atoms in total. The molecule has 0 saturated heterocycles. The van der Waals surface area contributed by atoms with Gasteiger partial charge in [-0.15, -0.1) is 0 Å². The average Bonchev–Trinajstić information content (AvgIpc) is 2.78. The minimum Gasteiger partial charge on any atom is -0.458 e. The van der Waals surface area contributed by atoms with Gasteiger partial charge in [-0.25, -0.2) is 0 Å². The summed E-state index contributed by atoms with van der Waals surface area (Å²) in [5.41, 5.74) is 2.35. The predicted molar refractivity (Wildman–Crippen MR) is 68.9 cm³/mol. The number of hydrogen-bond donors (Lipinski definition) is 1. The lowest BCUT2D eigenvalue weighted by Gasteiger charge is -2.06. The van der Waals surface area contributed by atoms with Crippen molar-refractivity contribution in [3.8, 4) is 11.3 Å². The number of hydrogen-bond acceptors (Lipinski definition) is 2. The smallest absolute Gasteiger partial charge is 0.134 e. The SMILES string of the molecule is CC(C)c1cccc(-c2ccc(C(C)O)o2)c1. The monoisotopic (exact) mass is 230 g/mol. The molecule has 0 fully saturated rings. The summed E-state index contributed by atoms with van der Waals surface area (Å²) < 4.78 is 5.62. The average molecular weight is 230 g/mol. The third-order valence-corrected chi connectivity index (χ3v) is 2.88. The van der Waals surface area contributed by atoms with Gasteiger partial charge >= 0.3 is 0 Å². The predicted octanol–water partition coefficient (Wildman–Crippen LogP) is 4.12. The van der Waals surface area contributed by atoms with Crippen LogP contribution < -0.4 is 0 Å². The zero-order chi connectivity index (χ0) is 12.4. The summed E-state index contributed by atoms with van der Waals surface area (Å²) in [5.74, 6) is 1.92. The molecular weight excluding hydrogens is 212 g/mol. The summed E-state index contributed by atoms with van der Waals surface area (Å²) in [6, 6.07) is 12.0. The topological polar surface area (TPSA) is 33.4 Å². The minimum atomic E-state index is -0.558. The van der Waals surface area contributed by atoms with Crippen molar-refractivity contribution in [1.82, 2.24) is 0 Å². The molecule has 0 aliphatic heterocycles. The fourth-order valence-electron chi connectivity index (χ4n) is 1.78. The Kier molecular flexibility index (Phi) is 3.34. The molecule has 1 aromatic heterocycles. The molecule has 1 unspecified atom stereocenters. The number of rotatable bonds is 3. The summed E-state index contributed by atoms with van der Waals surface area (Å²) in [7, 11) is 0. The highest BCUT2D eigenvalue weighted by atomic mass is 16.4. The molecule has 2 heteroatoms. The second kappa shape index (κ2) is 4.76. The molecule has 0 amide bonds. The van der Waals surface area contributed by atoms with Gasteiger partial charge in [0.15, 0.2) is 0 Å². The van der Waals surface area contributed by atoms with Gasteiger partial charge in [-0.2, -0.15) is 0 Å². The van der Waals surface area contributed by atoms with Crippen LogP contribution in [0.1, 0.15) is 44.1 Å². The van der Waals surface area contributed by atoms with Crippen LogP contribution in [0.5, 0.6) is 0 Å². The molecule has 0 saturated carbocycles. The first-order valence-corrected chi connectivity index (χ1v) is 5.96. The van der Waals surface area contributed by atoms with Crippen molar-refractivity contribution in [3.63, 3.8) is 0 Å². The quantitative estimate of drug-likeness (QED) is 0.860. The van der Waals surface area contributed by atoms with Gasteiger partial charge in [0.2, 0.25) is 0 Å². The zero-order valence-corrected chi connectivity index (χ0v) is 10.5. The number of aliphatic hydroxyl groups excluding tert-OH is 1. The maximum absolute atomic E-state index is 9.43. The summed E-state index contributed by atoms with van der Waals surface area (Å²) in [6.45, 7) is 6.04. The molecule has 90 valence electrons. The number of furan rings is 1. The second-order valence-corrected chi connectivity index (χ2v) is 4.66. The van der Waals surface area contributed by atoms with Crippen molar-refractivity contribution >= 4 is 0 Å². The standard InChI is InChI=1S/C15H18O2/c1-10(2)12-5-4-6-13(9-12)15-8-7-14(17-15)11(3)16/h4-11,16H,1-3H3. The summed E-state index contributed by atoms with van der Waals surface area (Å²) in [6.07, 6.45) is -0.558. The highest BCUT2D eigenvalue weighted by molar-refractivity contribution is 5.59. The van der Waals surface area contributed by atoms with Crippen LogP contribution in [-0.4, -0.2) is 5.11 Å². The van der Waals surface area contributed by atoms with E-state index in [4.69, 9.17) is 4.42 Å². The van der Waals surface area contributed by atoms with Crippen LogP contribution >= 0.6 is 0 Å². The van der Waals surface area contributed by atoms with E-state index in [1.807, 2.05) is 24.3 Å². The van der Waals surface area contributed by atoms with E-state index in [0.717, 1.165) is 11.3 Å². The molecule has 1 heterocycles. The Morgan fingerprint density at radius 2 is 1.82 bits per heavy atom. The third kappa shape index (κ3) is 2.59. The van der Waals surface area contributed by atoms with Crippen molar-refractivity contribution in [2.24, 2.45) is 0 Å². The maximum Gasteiger partial charge on any atom is 0.134 e. The summed E-state index contributed by atoms with van der Waals surface area (Å²) >= 11 is 0. The van der Waals surface area contributed by atoms with Crippen LogP contribution in [0.15, 0.2) is 40.8 Å². The van der Waals surface area contributed by atoms with E-state index >= 15 is 0 Å². The molecule has 0 aliphatic carbocycles. The molecule has 0 radical (unpaired) electrons. The van der Waals surface area contributed by atoms with Crippen LogP contribution in [-0.2, 0) is 0 Å². The largest absolute Gasteiger partial charge is 0.458 e. The van der Waals surface area contributed by atoms with Gasteiger partial charge in [0.1, 0.15) is 17.6 Å². The van der Waals surface area contributed by atoms with Crippen LogP contribution in [0.25, 0.3) is 11.3 Å². The molecule has 2 aromatic rings. The molecule has 2 rings (SSSR count). The Hall–Kier alpha value is -1.54. The van der Waals surface area contributed by atoms with Crippen molar-refractivity contribution < 1.29 is 9.52 Å². The Bertz CT molecular complexity index is 495. The fourth-order valence-corrected chi connectivity index (χ4v) is 1.78. The third-order valence-electron chi connectivity index (χ3n) is 2.88. The van der Waals surface area contributed by atoms with E-state index in [1.54, 1.807) is 6.92 Å². The second-order valence-electron chi connectivity index (χ2n) is 4.66. The van der Waals surface area contributed by atoms with Gasteiger partial charge < -0.3 is 9.52 Å². The van der Waals surface area contributed by atoms with Gasteiger partial charge in [0.25, 0.3) is 0 Å². The Morgan fingerprint density at radius 1 is 1.06 bits per heavy atom. The molecule has 1 N–H and O–H groups in total. The van der Waals surface area contributed by atoms with Crippen molar-refractivity contribution in [1.29, 1.82) is 0 Å². The van der Waals surface area contributed by atoms with Gasteiger partial charge in [-0.1, -0.05) is 32.0 Å². The van der Waals surface area contributed by atoms with Gasteiger partial charge in [0, 0.05) is 5.56 Å². The van der Waals surface area contributed by atoms with Crippen LogP contribution in [0.4, 0.5) is 0 Å². The first-order chi connectivity index (χ1) is 8.08. The van der Waals surface area contributed by atoms with E-state index in [-0.39, 0.29) is 0 Å². The normalized spacial score (nSPS) is 13.0. The molecule has 1 aromatic carbocycles. The van der Waals surface area contributed by atoms with E-state index in [2.05, 4.69) is 26.0 Å². The molecule has 17 heavy (non-hydrogen) atoms. The minimum absolute atomic E-state index is 0.501. The van der Waals surface area contributed by atoms with Crippen LogP contribution in [0, 0.1) is 0 Å². The first-order valence-electron chi connectivity index (χ1n) is 5.96. The van der Waals surface area contributed by atoms with E-state index in [9.17, 15) is 5.11 Å². The lowest BCUT2D eigenvalue weighted by Crippen LogP contribution is -1.87. The Balaban J connectivity index is 2.35. The van der Waals surface area contributed by atoms with Crippen molar-refractivity contribution in [3.05, 3.63) is 47.7 Å². The first kappa shape index (κ1) is 11.9. The van der Waals surface area contributed by atoms with Crippen LogP contribution in [0.2, 0.25) is 0 Å². The number of benzene rings is 1. The lowest BCUT2D eigenvalue weighted by molar-refractivity contribution is 0.170. The van der Waals surface area contributed by atoms with E-state index < -0.39 is 6.10 Å². The Labute approximate surface area is 102 Å². The summed E-state index contributed by atoms with van der Waals surface area (Å²) in [5, 5.41) is 9.43. The van der Waals surface area contributed by atoms with E-state index in [0.29, 0.717) is 11.7 Å². The molecule has 0 aliphatic rings. The maximum atomic E-state index is 9.43. The molecule has 1 atom stereocenters. The van der Waals surface area contributed by atoms with Crippen LogP contribution in [0.3, 0.4) is 0 Å². The molecule has 0 spiro atoms. The molecular formula is C15H18O2. The molecule has 0 bridgehead atoms. The number of aliphatic hydroxyl groups is 1. The van der Waals surface area contributed by atoms with E-state index in [1.165, 1.54) is 5.56 Å². The van der Waals surface area contributed by atoms with Crippen molar-refractivity contribution in [2.45, 2.75) is 32.8 Å². The fraction of sp³-hybridized carbons (Fsp3) is 0.333. The summed E-state index contributed by atoms with van der Waals surface area (Å²) in [4.78, 5) is 0.